The van der Waals surface area contributed by atoms with E-state index in [2.05, 4.69) is 4.98 Å². The Bertz CT molecular complexity index is 942. The monoisotopic (exact) mass is 365 g/mol. The van der Waals surface area contributed by atoms with Gasteiger partial charge in [0.1, 0.15) is 11.3 Å². The van der Waals surface area contributed by atoms with Crippen molar-refractivity contribution in [1.29, 1.82) is 0 Å². The molecule has 0 atom stereocenters. The first kappa shape index (κ1) is 17.1. The van der Waals surface area contributed by atoms with Crippen LogP contribution in [0.5, 0.6) is 5.75 Å². The van der Waals surface area contributed by atoms with Gasteiger partial charge < -0.3 is 19.0 Å². The maximum absolute atomic E-state index is 12.5. The topological polar surface area (TPSA) is 75.9 Å². The summed E-state index contributed by atoms with van der Waals surface area (Å²) in [6.45, 7) is 1.84. The molecule has 3 aromatic rings. The lowest BCUT2D eigenvalue weighted by atomic mass is 10.2. The average Bonchev–Trinajstić information content (AvgIpc) is 3.26. The highest BCUT2D eigenvalue weighted by atomic mass is 16.5. The van der Waals surface area contributed by atoms with Gasteiger partial charge in [-0.3, -0.25) is 14.6 Å². The van der Waals surface area contributed by atoms with Gasteiger partial charge in [-0.15, -0.1) is 0 Å². The zero-order valence-electron chi connectivity index (χ0n) is 14.7. The summed E-state index contributed by atoms with van der Waals surface area (Å²) >= 11 is 0. The van der Waals surface area contributed by atoms with Crippen molar-refractivity contribution in [3.8, 4) is 5.75 Å². The van der Waals surface area contributed by atoms with Gasteiger partial charge in [0.15, 0.2) is 12.4 Å². The predicted molar refractivity (Wildman–Crippen MR) is 98.4 cm³/mol. The molecular weight excluding hydrogens is 346 g/mol. The van der Waals surface area contributed by atoms with E-state index in [9.17, 15) is 9.59 Å². The van der Waals surface area contributed by atoms with Crippen molar-refractivity contribution >= 4 is 22.7 Å². The number of carbonyl (C=O) groups excluding carboxylic acids is 2. The number of benzene rings is 1. The van der Waals surface area contributed by atoms with Gasteiger partial charge in [-0.05, 0) is 24.3 Å². The molecule has 0 unspecified atom stereocenters. The number of rotatable bonds is 4. The number of piperazine rings is 1. The summed E-state index contributed by atoms with van der Waals surface area (Å²) in [4.78, 5) is 32.5. The van der Waals surface area contributed by atoms with E-state index < -0.39 is 0 Å². The molecule has 0 N–H and O–H groups in total. The van der Waals surface area contributed by atoms with E-state index in [1.807, 2.05) is 30.3 Å². The van der Waals surface area contributed by atoms with Gasteiger partial charge in [-0.25, -0.2) is 0 Å². The van der Waals surface area contributed by atoms with Gasteiger partial charge in [0, 0.05) is 37.8 Å². The largest absolute Gasteiger partial charge is 0.481 e. The van der Waals surface area contributed by atoms with Crippen molar-refractivity contribution < 1.29 is 18.7 Å². The van der Waals surface area contributed by atoms with Gasteiger partial charge in [-0.2, -0.15) is 0 Å². The van der Waals surface area contributed by atoms with E-state index in [1.54, 1.807) is 28.1 Å². The normalized spacial score (nSPS) is 14.4. The first-order chi connectivity index (χ1) is 13.2. The highest BCUT2D eigenvalue weighted by Crippen LogP contribution is 2.23. The number of fused-ring (bicyclic) bond motifs is 1. The summed E-state index contributed by atoms with van der Waals surface area (Å²) in [5.74, 6) is 0.660. The lowest BCUT2D eigenvalue weighted by molar-refractivity contribution is -0.134. The van der Waals surface area contributed by atoms with Gasteiger partial charge in [0.25, 0.3) is 11.8 Å². The Morgan fingerprint density at radius 1 is 1.00 bits per heavy atom. The fraction of sp³-hybridized carbons (Fsp3) is 0.250. The minimum Gasteiger partial charge on any atom is -0.481 e. The Balaban J connectivity index is 1.33. The number of furan rings is 1. The van der Waals surface area contributed by atoms with Crippen LogP contribution >= 0.6 is 0 Å². The van der Waals surface area contributed by atoms with Crippen LogP contribution in [0.4, 0.5) is 0 Å². The van der Waals surface area contributed by atoms with E-state index in [0.29, 0.717) is 37.7 Å². The van der Waals surface area contributed by atoms with Crippen molar-refractivity contribution in [2.24, 2.45) is 0 Å². The Labute approximate surface area is 156 Å². The molecule has 4 rings (SSSR count). The van der Waals surface area contributed by atoms with Crippen molar-refractivity contribution in [2.75, 3.05) is 32.8 Å². The number of para-hydroxylation sites is 1. The third-order valence-corrected chi connectivity index (χ3v) is 4.60. The van der Waals surface area contributed by atoms with Gasteiger partial charge >= 0.3 is 0 Å². The molecular formula is C20H19N3O4. The fourth-order valence-electron chi connectivity index (χ4n) is 3.14. The molecule has 1 aliphatic rings. The van der Waals surface area contributed by atoms with E-state index in [1.165, 1.54) is 6.26 Å². The van der Waals surface area contributed by atoms with Crippen LogP contribution in [-0.2, 0) is 4.79 Å². The summed E-state index contributed by atoms with van der Waals surface area (Å²) < 4.78 is 10.9. The molecule has 0 aliphatic carbocycles. The molecule has 0 bridgehead atoms. The zero-order chi connectivity index (χ0) is 18.6. The molecule has 1 fully saturated rings. The Morgan fingerprint density at radius 3 is 2.56 bits per heavy atom. The average molecular weight is 365 g/mol. The van der Waals surface area contributed by atoms with Crippen LogP contribution in [-0.4, -0.2) is 59.4 Å². The Kier molecular flexibility index (Phi) is 4.74. The highest BCUT2D eigenvalue weighted by molar-refractivity contribution is 5.91. The van der Waals surface area contributed by atoms with Crippen LogP contribution in [0.25, 0.3) is 10.9 Å². The quantitative estimate of drug-likeness (QED) is 0.708. The second kappa shape index (κ2) is 7.49. The summed E-state index contributed by atoms with van der Waals surface area (Å²) in [6, 6.07) is 12.8. The van der Waals surface area contributed by atoms with Crippen LogP contribution in [0.15, 0.2) is 59.3 Å². The van der Waals surface area contributed by atoms with Gasteiger partial charge in [0.05, 0.1) is 6.26 Å². The van der Waals surface area contributed by atoms with Crippen LogP contribution in [0.2, 0.25) is 0 Å². The molecule has 1 aliphatic heterocycles. The molecule has 0 saturated carbocycles. The second-order valence-corrected chi connectivity index (χ2v) is 6.27. The van der Waals surface area contributed by atoms with Crippen molar-refractivity contribution in [2.45, 2.75) is 0 Å². The molecule has 2 amide bonds. The lowest BCUT2D eigenvalue weighted by Crippen LogP contribution is -2.51. The standard InChI is InChI=1S/C20H19N3O4/c24-18(14-27-16-6-1-4-15-5-2-8-21-19(15)16)22-9-11-23(12-10-22)20(25)17-7-3-13-26-17/h1-8,13H,9-12,14H2. The van der Waals surface area contributed by atoms with E-state index in [-0.39, 0.29) is 18.4 Å². The SMILES string of the molecule is O=C(COc1cccc2cccnc12)N1CCN(C(=O)c2ccco2)CC1. The van der Waals surface area contributed by atoms with Crippen molar-refractivity contribution in [3.63, 3.8) is 0 Å². The van der Waals surface area contributed by atoms with Gasteiger partial charge in [0.2, 0.25) is 0 Å². The number of amides is 2. The third kappa shape index (κ3) is 3.62. The Hall–Kier alpha value is -3.35. The predicted octanol–water partition coefficient (Wildman–Crippen LogP) is 2.19. The van der Waals surface area contributed by atoms with E-state index in [0.717, 1.165) is 10.9 Å². The summed E-state index contributed by atoms with van der Waals surface area (Å²) in [6.07, 6.45) is 3.18. The molecule has 1 saturated heterocycles. The summed E-state index contributed by atoms with van der Waals surface area (Å²) in [7, 11) is 0. The number of carbonyl (C=O) groups is 2. The first-order valence-corrected chi connectivity index (χ1v) is 8.79. The Morgan fingerprint density at radius 2 is 1.78 bits per heavy atom. The first-order valence-electron chi connectivity index (χ1n) is 8.79. The number of hydrogen-bond acceptors (Lipinski definition) is 5. The number of ether oxygens (including phenoxy) is 1. The fourth-order valence-corrected chi connectivity index (χ4v) is 3.14. The van der Waals surface area contributed by atoms with Crippen LogP contribution in [0.1, 0.15) is 10.6 Å². The number of aromatic nitrogens is 1. The molecule has 2 aromatic heterocycles. The molecule has 1 aromatic carbocycles. The number of hydrogen-bond donors (Lipinski definition) is 0. The van der Waals surface area contributed by atoms with Gasteiger partial charge in [-0.1, -0.05) is 18.2 Å². The third-order valence-electron chi connectivity index (χ3n) is 4.60. The maximum Gasteiger partial charge on any atom is 0.289 e. The van der Waals surface area contributed by atoms with E-state index in [4.69, 9.17) is 9.15 Å². The molecule has 0 spiro atoms. The summed E-state index contributed by atoms with van der Waals surface area (Å²) in [5.41, 5.74) is 0.738. The number of nitrogens with zero attached hydrogens (tertiary/aromatic N) is 3. The molecule has 7 nitrogen and oxygen atoms in total. The summed E-state index contributed by atoms with van der Waals surface area (Å²) in [5, 5.41) is 0.965. The molecule has 0 radical (unpaired) electrons. The highest BCUT2D eigenvalue weighted by Gasteiger charge is 2.26. The minimum atomic E-state index is -0.148. The minimum absolute atomic E-state index is 0.0538. The number of pyridine rings is 1. The lowest BCUT2D eigenvalue weighted by Gasteiger charge is -2.34. The van der Waals surface area contributed by atoms with Crippen molar-refractivity contribution in [3.05, 3.63) is 60.7 Å². The van der Waals surface area contributed by atoms with Crippen molar-refractivity contribution in [1.82, 2.24) is 14.8 Å². The molecule has 138 valence electrons. The smallest absolute Gasteiger partial charge is 0.289 e. The van der Waals surface area contributed by atoms with E-state index >= 15 is 0 Å². The zero-order valence-corrected chi connectivity index (χ0v) is 14.7. The maximum atomic E-state index is 12.5. The van der Waals surface area contributed by atoms with Crippen LogP contribution < -0.4 is 4.74 Å². The molecule has 3 heterocycles. The molecule has 27 heavy (non-hydrogen) atoms. The van der Waals surface area contributed by atoms with Crippen LogP contribution in [0, 0.1) is 0 Å². The second-order valence-electron chi connectivity index (χ2n) is 6.27. The van der Waals surface area contributed by atoms with Crippen LogP contribution in [0.3, 0.4) is 0 Å². The molecule has 7 heteroatoms.